The minimum absolute atomic E-state index is 0.305. The van der Waals surface area contributed by atoms with Gasteiger partial charge in [0.05, 0.1) is 19.4 Å². The van der Waals surface area contributed by atoms with Gasteiger partial charge in [0.1, 0.15) is 0 Å². The van der Waals surface area contributed by atoms with Crippen LogP contribution in [0.5, 0.6) is 0 Å². The van der Waals surface area contributed by atoms with Crippen molar-refractivity contribution >= 4 is 0 Å². The highest BCUT2D eigenvalue weighted by Gasteiger charge is 2.14. The standard InChI is InChI=1S/C6H13NO2/c7-5-8-4-6-2-1-3-9-6/h6H,1-5,7H2. The van der Waals surface area contributed by atoms with E-state index in [0.717, 1.165) is 13.0 Å². The quantitative estimate of drug-likeness (QED) is 0.552. The van der Waals surface area contributed by atoms with E-state index in [-0.39, 0.29) is 0 Å². The van der Waals surface area contributed by atoms with E-state index in [9.17, 15) is 0 Å². The van der Waals surface area contributed by atoms with Crippen molar-refractivity contribution in [2.75, 3.05) is 19.9 Å². The van der Waals surface area contributed by atoms with Gasteiger partial charge in [-0.15, -0.1) is 0 Å². The first-order valence-electron chi connectivity index (χ1n) is 3.33. The van der Waals surface area contributed by atoms with Gasteiger partial charge in [-0.05, 0) is 12.8 Å². The molecule has 1 atom stereocenters. The van der Waals surface area contributed by atoms with Crippen molar-refractivity contribution in [2.24, 2.45) is 5.73 Å². The SMILES string of the molecule is NCOCC1CCCO1. The summed E-state index contributed by atoms with van der Waals surface area (Å²) in [7, 11) is 0. The van der Waals surface area contributed by atoms with Crippen molar-refractivity contribution in [2.45, 2.75) is 18.9 Å². The zero-order valence-corrected chi connectivity index (χ0v) is 5.51. The molecule has 1 rings (SSSR count). The molecule has 2 N–H and O–H groups in total. The molecule has 0 aromatic rings. The topological polar surface area (TPSA) is 44.5 Å². The molecule has 1 unspecified atom stereocenters. The third-order valence-corrected chi connectivity index (χ3v) is 1.45. The van der Waals surface area contributed by atoms with E-state index >= 15 is 0 Å². The molecule has 1 aliphatic heterocycles. The average Bonchev–Trinajstić information content (AvgIpc) is 2.34. The molecule has 0 bridgehead atoms. The van der Waals surface area contributed by atoms with Crippen LogP contribution in [-0.4, -0.2) is 26.0 Å². The molecule has 1 heterocycles. The summed E-state index contributed by atoms with van der Waals surface area (Å²) in [6, 6.07) is 0. The summed E-state index contributed by atoms with van der Waals surface area (Å²) in [5.74, 6) is 0. The van der Waals surface area contributed by atoms with Gasteiger partial charge in [0.2, 0.25) is 0 Å². The lowest BCUT2D eigenvalue weighted by atomic mass is 10.2. The molecule has 1 aliphatic rings. The summed E-state index contributed by atoms with van der Waals surface area (Å²) < 4.78 is 10.2. The molecular weight excluding hydrogens is 118 g/mol. The van der Waals surface area contributed by atoms with Gasteiger partial charge in [0.25, 0.3) is 0 Å². The molecule has 1 fully saturated rings. The van der Waals surface area contributed by atoms with E-state index in [1.165, 1.54) is 6.42 Å². The van der Waals surface area contributed by atoms with Crippen LogP contribution in [0.25, 0.3) is 0 Å². The molecule has 0 amide bonds. The largest absolute Gasteiger partial charge is 0.376 e. The molecule has 0 spiro atoms. The Morgan fingerprint density at radius 2 is 2.56 bits per heavy atom. The summed E-state index contributed by atoms with van der Waals surface area (Å²) >= 11 is 0. The van der Waals surface area contributed by atoms with Crippen LogP contribution in [0.1, 0.15) is 12.8 Å². The molecule has 0 aliphatic carbocycles. The first-order valence-corrected chi connectivity index (χ1v) is 3.33. The Kier molecular flexibility index (Phi) is 2.97. The van der Waals surface area contributed by atoms with Crippen LogP contribution in [0.2, 0.25) is 0 Å². The summed E-state index contributed by atoms with van der Waals surface area (Å²) in [6.45, 7) is 1.86. The Morgan fingerprint density at radius 1 is 1.67 bits per heavy atom. The highest BCUT2D eigenvalue weighted by Crippen LogP contribution is 2.11. The van der Waals surface area contributed by atoms with Crippen LogP contribution in [0.15, 0.2) is 0 Å². The molecule has 3 nitrogen and oxygen atoms in total. The van der Waals surface area contributed by atoms with Crippen molar-refractivity contribution < 1.29 is 9.47 Å². The maximum Gasteiger partial charge on any atom is 0.0941 e. The van der Waals surface area contributed by atoms with Gasteiger partial charge in [0, 0.05) is 6.61 Å². The lowest BCUT2D eigenvalue weighted by molar-refractivity contribution is 0.0194. The fourth-order valence-corrected chi connectivity index (χ4v) is 0.975. The Bertz CT molecular complexity index is 71.5. The number of hydrogen-bond donors (Lipinski definition) is 1. The number of hydrogen-bond acceptors (Lipinski definition) is 3. The van der Waals surface area contributed by atoms with Gasteiger partial charge in [-0.25, -0.2) is 0 Å². The summed E-state index contributed by atoms with van der Waals surface area (Å²) in [5, 5.41) is 0. The molecule has 3 heteroatoms. The molecule has 54 valence electrons. The molecule has 0 aromatic heterocycles. The Morgan fingerprint density at radius 3 is 3.11 bits per heavy atom. The molecule has 0 radical (unpaired) electrons. The van der Waals surface area contributed by atoms with Crippen molar-refractivity contribution in [1.82, 2.24) is 0 Å². The average molecular weight is 131 g/mol. The molecule has 0 aromatic carbocycles. The van der Waals surface area contributed by atoms with Crippen molar-refractivity contribution in [3.8, 4) is 0 Å². The zero-order chi connectivity index (χ0) is 6.53. The number of rotatable bonds is 3. The number of nitrogens with two attached hydrogens (primary N) is 1. The maximum atomic E-state index is 5.27. The highest BCUT2D eigenvalue weighted by molar-refractivity contribution is 4.62. The van der Waals surface area contributed by atoms with E-state index in [2.05, 4.69) is 0 Å². The molecule has 9 heavy (non-hydrogen) atoms. The number of ether oxygens (including phenoxy) is 2. The molecule has 1 saturated heterocycles. The lowest BCUT2D eigenvalue weighted by Gasteiger charge is -2.07. The molecule has 0 saturated carbocycles. The fraction of sp³-hybridized carbons (Fsp3) is 1.00. The van der Waals surface area contributed by atoms with Gasteiger partial charge < -0.3 is 15.2 Å². The second-order valence-electron chi connectivity index (χ2n) is 2.17. The smallest absolute Gasteiger partial charge is 0.0941 e. The van der Waals surface area contributed by atoms with Crippen LogP contribution in [0.3, 0.4) is 0 Å². The Labute approximate surface area is 55.1 Å². The minimum atomic E-state index is 0.305. The van der Waals surface area contributed by atoms with E-state index < -0.39 is 0 Å². The van der Waals surface area contributed by atoms with Crippen molar-refractivity contribution in [1.29, 1.82) is 0 Å². The Hall–Kier alpha value is -0.120. The third kappa shape index (κ3) is 2.30. The van der Waals surface area contributed by atoms with Gasteiger partial charge in [-0.2, -0.15) is 0 Å². The van der Waals surface area contributed by atoms with Crippen LogP contribution < -0.4 is 5.73 Å². The van der Waals surface area contributed by atoms with Gasteiger partial charge in [-0.3, -0.25) is 0 Å². The van der Waals surface area contributed by atoms with Gasteiger partial charge in [-0.1, -0.05) is 0 Å². The minimum Gasteiger partial charge on any atom is -0.376 e. The zero-order valence-electron chi connectivity index (χ0n) is 5.51. The van der Waals surface area contributed by atoms with Crippen molar-refractivity contribution in [3.63, 3.8) is 0 Å². The second-order valence-corrected chi connectivity index (χ2v) is 2.17. The predicted molar refractivity (Wildman–Crippen MR) is 34.0 cm³/mol. The normalized spacial score (nSPS) is 27.0. The fourth-order valence-electron chi connectivity index (χ4n) is 0.975. The predicted octanol–water partition coefficient (Wildman–Crippen LogP) is 0.0982. The Balaban J connectivity index is 1.98. The summed E-state index contributed by atoms with van der Waals surface area (Å²) in [5.41, 5.74) is 5.13. The van der Waals surface area contributed by atoms with Gasteiger partial charge in [0.15, 0.2) is 0 Å². The van der Waals surface area contributed by atoms with E-state index in [0.29, 0.717) is 19.4 Å². The monoisotopic (exact) mass is 131 g/mol. The van der Waals surface area contributed by atoms with Crippen LogP contribution >= 0.6 is 0 Å². The highest BCUT2D eigenvalue weighted by atomic mass is 16.5. The molecular formula is C6H13NO2. The van der Waals surface area contributed by atoms with Crippen LogP contribution in [-0.2, 0) is 9.47 Å². The van der Waals surface area contributed by atoms with E-state index in [1.54, 1.807) is 0 Å². The van der Waals surface area contributed by atoms with E-state index in [1.807, 2.05) is 0 Å². The third-order valence-electron chi connectivity index (χ3n) is 1.45. The van der Waals surface area contributed by atoms with Gasteiger partial charge >= 0.3 is 0 Å². The first-order chi connectivity index (χ1) is 4.43. The lowest BCUT2D eigenvalue weighted by Crippen LogP contribution is -2.17. The van der Waals surface area contributed by atoms with E-state index in [4.69, 9.17) is 15.2 Å². The summed E-state index contributed by atoms with van der Waals surface area (Å²) in [6.07, 6.45) is 2.60. The van der Waals surface area contributed by atoms with Crippen LogP contribution in [0, 0.1) is 0 Å². The van der Waals surface area contributed by atoms with Crippen LogP contribution in [0.4, 0.5) is 0 Å². The maximum absolute atomic E-state index is 5.27. The first kappa shape index (κ1) is 6.99. The van der Waals surface area contributed by atoms with Crippen molar-refractivity contribution in [3.05, 3.63) is 0 Å². The summed E-state index contributed by atoms with van der Waals surface area (Å²) in [4.78, 5) is 0. The second kappa shape index (κ2) is 3.82.